The van der Waals surface area contributed by atoms with Crippen LogP contribution in [0, 0.1) is 0 Å². The van der Waals surface area contributed by atoms with Crippen molar-refractivity contribution in [2.24, 2.45) is 0 Å². The summed E-state index contributed by atoms with van der Waals surface area (Å²) in [5, 5.41) is 9.32. The molecule has 1 aromatic carbocycles. The average Bonchev–Trinajstić information content (AvgIpc) is 3.36. The fourth-order valence-corrected chi connectivity index (χ4v) is 4.23. The topological polar surface area (TPSA) is 79.3 Å². The van der Waals surface area contributed by atoms with Crippen LogP contribution >= 0.6 is 0 Å². The molecule has 0 bridgehead atoms. The molecule has 1 N–H and O–H groups in total. The lowest BCUT2D eigenvalue weighted by Gasteiger charge is -2.30. The van der Waals surface area contributed by atoms with Gasteiger partial charge in [-0.1, -0.05) is 0 Å². The zero-order valence-electron chi connectivity index (χ0n) is 14.7. The lowest BCUT2D eigenvalue weighted by molar-refractivity contribution is -0.146. The summed E-state index contributed by atoms with van der Waals surface area (Å²) in [6, 6.07) is 5.76. The number of hydrogen-bond acceptors (Lipinski definition) is 5. The van der Waals surface area contributed by atoms with Gasteiger partial charge >= 0.3 is 0 Å². The van der Waals surface area contributed by atoms with E-state index in [1.807, 2.05) is 4.90 Å². The van der Waals surface area contributed by atoms with Crippen LogP contribution in [0.4, 0.5) is 0 Å². The molecule has 2 amide bonds. The summed E-state index contributed by atoms with van der Waals surface area (Å²) in [6.45, 7) is 2.05. The van der Waals surface area contributed by atoms with Crippen LogP contribution < -0.4 is 4.74 Å². The SMILES string of the molecule is O=C([C@@H]1C[C@@H]2OCC[C@@H]2N1C(=O)COc1ccc(O)cc1)N1CCCC1. The Bertz CT molecular complexity index is 671. The molecule has 1 aromatic rings. The minimum atomic E-state index is -0.445. The van der Waals surface area contributed by atoms with Crippen LogP contribution in [0.25, 0.3) is 0 Å². The molecule has 0 aliphatic carbocycles. The Morgan fingerprint density at radius 2 is 1.92 bits per heavy atom. The lowest BCUT2D eigenvalue weighted by Crippen LogP contribution is -2.51. The number of ether oxygens (including phenoxy) is 2. The Balaban J connectivity index is 1.45. The van der Waals surface area contributed by atoms with E-state index < -0.39 is 6.04 Å². The highest BCUT2D eigenvalue weighted by Gasteiger charge is 2.50. The molecule has 3 atom stereocenters. The maximum absolute atomic E-state index is 12.9. The van der Waals surface area contributed by atoms with Crippen LogP contribution in [0.3, 0.4) is 0 Å². The zero-order chi connectivity index (χ0) is 18.1. The second kappa shape index (κ2) is 7.15. The van der Waals surface area contributed by atoms with Crippen molar-refractivity contribution in [3.63, 3.8) is 0 Å². The summed E-state index contributed by atoms with van der Waals surface area (Å²) in [4.78, 5) is 29.4. The number of likely N-dealkylation sites (tertiary alicyclic amines) is 2. The van der Waals surface area contributed by atoms with Gasteiger partial charge in [-0.15, -0.1) is 0 Å². The highest BCUT2D eigenvalue weighted by Crippen LogP contribution is 2.35. The molecule has 3 heterocycles. The predicted molar refractivity (Wildman–Crippen MR) is 92.8 cm³/mol. The van der Waals surface area contributed by atoms with Crippen LogP contribution in [-0.2, 0) is 14.3 Å². The predicted octanol–water partition coefficient (Wildman–Crippen LogP) is 1.15. The number of fused-ring (bicyclic) bond motifs is 1. The van der Waals surface area contributed by atoms with E-state index in [-0.39, 0.29) is 36.3 Å². The van der Waals surface area contributed by atoms with Crippen molar-refractivity contribution in [1.29, 1.82) is 0 Å². The first-order valence-electron chi connectivity index (χ1n) is 9.27. The second-order valence-electron chi connectivity index (χ2n) is 7.13. The molecule has 3 fully saturated rings. The van der Waals surface area contributed by atoms with E-state index in [2.05, 4.69) is 0 Å². The van der Waals surface area contributed by atoms with Gasteiger partial charge in [-0.2, -0.15) is 0 Å². The molecule has 0 aromatic heterocycles. The van der Waals surface area contributed by atoms with Crippen LogP contribution in [0.1, 0.15) is 25.7 Å². The van der Waals surface area contributed by atoms with Crippen molar-refractivity contribution < 1.29 is 24.2 Å². The van der Waals surface area contributed by atoms with Crippen LogP contribution in [0.15, 0.2) is 24.3 Å². The molecule has 0 spiro atoms. The van der Waals surface area contributed by atoms with E-state index in [1.54, 1.807) is 17.0 Å². The summed E-state index contributed by atoms with van der Waals surface area (Å²) >= 11 is 0. The number of hydrogen-bond donors (Lipinski definition) is 1. The van der Waals surface area contributed by atoms with Gasteiger partial charge in [-0.3, -0.25) is 9.59 Å². The van der Waals surface area contributed by atoms with E-state index in [0.717, 1.165) is 32.4 Å². The molecular formula is C19H24N2O5. The van der Waals surface area contributed by atoms with Crippen molar-refractivity contribution in [2.75, 3.05) is 26.3 Å². The van der Waals surface area contributed by atoms with Crippen LogP contribution in [-0.4, -0.2) is 71.2 Å². The Morgan fingerprint density at radius 3 is 2.65 bits per heavy atom. The van der Waals surface area contributed by atoms with Gasteiger partial charge in [-0.25, -0.2) is 0 Å². The normalized spacial score (nSPS) is 27.6. The Labute approximate surface area is 152 Å². The molecule has 3 saturated heterocycles. The third-order valence-electron chi connectivity index (χ3n) is 5.51. The van der Waals surface area contributed by atoms with Crippen LogP contribution in [0.2, 0.25) is 0 Å². The summed E-state index contributed by atoms with van der Waals surface area (Å²) in [7, 11) is 0. The lowest BCUT2D eigenvalue weighted by atomic mass is 10.1. The van der Waals surface area contributed by atoms with Gasteiger partial charge in [0.2, 0.25) is 5.91 Å². The Hall–Kier alpha value is -2.28. The largest absolute Gasteiger partial charge is 0.508 e. The van der Waals surface area contributed by atoms with Crippen molar-refractivity contribution in [3.05, 3.63) is 24.3 Å². The maximum atomic E-state index is 12.9. The number of aromatic hydroxyl groups is 1. The highest BCUT2D eigenvalue weighted by molar-refractivity contribution is 5.89. The number of benzene rings is 1. The van der Waals surface area contributed by atoms with E-state index in [9.17, 15) is 14.7 Å². The second-order valence-corrected chi connectivity index (χ2v) is 7.13. The molecule has 3 aliphatic rings. The Kier molecular flexibility index (Phi) is 4.72. The van der Waals surface area contributed by atoms with Gasteiger partial charge < -0.3 is 24.4 Å². The monoisotopic (exact) mass is 360 g/mol. The van der Waals surface area contributed by atoms with Gasteiger partial charge in [0.25, 0.3) is 5.91 Å². The fourth-order valence-electron chi connectivity index (χ4n) is 4.23. The summed E-state index contributed by atoms with van der Waals surface area (Å²) < 4.78 is 11.3. The first-order valence-corrected chi connectivity index (χ1v) is 9.27. The number of carbonyl (C=O) groups excluding carboxylic acids is 2. The van der Waals surface area contributed by atoms with E-state index >= 15 is 0 Å². The molecule has 0 unspecified atom stereocenters. The molecule has 4 rings (SSSR count). The first kappa shape index (κ1) is 17.1. The molecular weight excluding hydrogens is 336 g/mol. The number of phenolic OH excluding ortho intramolecular Hbond substituents is 1. The zero-order valence-corrected chi connectivity index (χ0v) is 14.7. The molecule has 7 heteroatoms. The smallest absolute Gasteiger partial charge is 0.261 e. The summed E-state index contributed by atoms with van der Waals surface area (Å²) in [6.07, 6.45) is 3.34. The quantitative estimate of drug-likeness (QED) is 0.871. The van der Waals surface area contributed by atoms with Gasteiger partial charge in [0.15, 0.2) is 6.61 Å². The molecule has 26 heavy (non-hydrogen) atoms. The standard InChI is InChI=1S/C19H24N2O5/c22-13-3-5-14(6-4-13)26-12-18(23)21-15-7-10-25-17(15)11-16(21)19(24)20-8-1-2-9-20/h3-6,15-17,22H,1-2,7-12H2/t15-,16-,17-/m0/s1. The van der Waals surface area contributed by atoms with Gasteiger partial charge in [0.1, 0.15) is 17.5 Å². The number of rotatable bonds is 4. The van der Waals surface area contributed by atoms with Gasteiger partial charge in [-0.05, 0) is 43.5 Å². The molecule has 0 saturated carbocycles. The highest BCUT2D eigenvalue weighted by atomic mass is 16.5. The number of carbonyl (C=O) groups is 2. The van der Waals surface area contributed by atoms with Gasteiger partial charge in [0, 0.05) is 26.1 Å². The summed E-state index contributed by atoms with van der Waals surface area (Å²) in [5.74, 6) is 0.509. The van der Waals surface area contributed by atoms with Crippen molar-refractivity contribution in [2.45, 2.75) is 43.9 Å². The molecule has 3 aliphatic heterocycles. The minimum absolute atomic E-state index is 0.0394. The average molecular weight is 360 g/mol. The van der Waals surface area contributed by atoms with E-state index in [0.29, 0.717) is 18.8 Å². The van der Waals surface area contributed by atoms with Crippen molar-refractivity contribution in [1.82, 2.24) is 9.80 Å². The number of phenols is 1. The Morgan fingerprint density at radius 1 is 1.19 bits per heavy atom. The van der Waals surface area contributed by atoms with Crippen molar-refractivity contribution >= 4 is 11.8 Å². The van der Waals surface area contributed by atoms with Gasteiger partial charge in [0.05, 0.1) is 12.1 Å². The maximum Gasteiger partial charge on any atom is 0.261 e. The fraction of sp³-hybridized carbons (Fsp3) is 0.579. The third-order valence-corrected chi connectivity index (χ3v) is 5.51. The number of amides is 2. The minimum Gasteiger partial charge on any atom is -0.508 e. The summed E-state index contributed by atoms with van der Waals surface area (Å²) in [5.41, 5.74) is 0. The van der Waals surface area contributed by atoms with E-state index in [4.69, 9.17) is 9.47 Å². The molecule has 0 radical (unpaired) electrons. The van der Waals surface area contributed by atoms with Crippen LogP contribution in [0.5, 0.6) is 11.5 Å². The molecule has 7 nitrogen and oxygen atoms in total. The van der Waals surface area contributed by atoms with Crippen molar-refractivity contribution in [3.8, 4) is 11.5 Å². The molecule has 140 valence electrons. The van der Waals surface area contributed by atoms with E-state index in [1.165, 1.54) is 12.1 Å². The third kappa shape index (κ3) is 3.23. The number of nitrogens with zero attached hydrogens (tertiary/aromatic N) is 2. The first-order chi connectivity index (χ1) is 12.6.